The molecule has 0 saturated heterocycles. The first-order valence-corrected chi connectivity index (χ1v) is 4.09. The quantitative estimate of drug-likeness (QED) is 0.625. The lowest BCUT2D eigenvalue weighted by Crippen LogP contribution is -2.03. The van der Waals surface area contributed by atoms with Crippen molar-refractivity contribution in [3.8, 4) is 0 Å². The molecule has 1 aromatic heterocycles. The van der Waals surface area contributed by atoms with Crippen molar-refractivity contribution in [2.75, 3.05) is 5.32 Å². The Morgan fingerprint density at radius 3 is 3.23 bits per heavy atom. The standard InChI is InChI=1S/C9H7N3O/c13-9-2-5-1-7-8(11-4-10-7)3-6(5)12-9/h1,3-4H,2H2,(H,10,11)(H,12,13). The van der Waals surface area contributed by atoms with Crippen LogP contribution in [0.1, 0.15) is 5.56 Å². The third-order valence-corrected chi connectivity index (χ3v) is 2.27. The lowest BCUT2D eigenvalue weighted by Gasteiger charge is -1.96. The minimum absolute atomic E-state index is 0.0580. The van der Waals surface area contributed by atoms with Gasteiger partial charge in [-0.3, -0.25) is 4.79 Å². The highest BCUT2D eigenvalue weighted by Crippen LogP contribution is 2.26. The first-order chi connectivity index (χ1) is 6.33. The van der Waals surface area contributed by atoms with E-state index >= 15 is 0 Å². The van der Waals surface area contributed by atoms with Crippen LogP contribution in [0, 0.1) is 0 Å². The Hall–Kier alpha value is -1.84. The highest BCUT2D eigenvalue weighted by Gasteiger charge is 2.18. The summed E-state index contributed by atoms with van der Waals surface area (Å²) in [5, 5.41) is 2.79. The number of imidazole rings is 1. The molecule has 1 amide bonds. The molecule has 3 rings (SSSR count). The molecule has 0 bridgehead atoms. The molecular weight excluding hydrogens is 166 g/mol. The van der Waals surface area contributed by atoms with Gasteiger partial charge in [0.05, 0.1) is 23.8 Å². The van der Waals surface area contributed by atoms with E-state index in [1.54, 1.807) is 6.33 Å². The second-order valence-electron chi connectivity index (χ2n) is 3.15. The Kier molecular flexibility index (Phi) is 1.07. The molecule has 1 aliphatic heterocycles. The van der Waals surface area contributed by atoms with Crippen LogP contribution in [0.25, 0.3) is 11.0 Å². The molecule has 4 heteroatoms. The fraction of sp³-hybridized carbons (Fsp3) is 0.111. The summed E-state index contributed by atoms with van der Waals surface area (Å²) < 4.78 is 0. The summed E-state index contributed by atoms with van der Waals surface area (Å²) in [6, 6.07) is 3.86. The Labute approximate surface area is 74.0 Å². The number of fused-ring (bicyclic) bond motifs is 2. The lowest BCUT2D eigenvalue weighted by molar-refractivity contribution is -0.115. The third kappa shape index (κ3) is 0.853. The van der Waals surface area contributed by atoms with Crippen LogP contribution in [0.5, 0.6) is 0 Å². The van der Waals surface area contributed by atoms with E-state index in [4.69, 9.17) is 0 Å². The number of nitrogens with zero attached hydrogens (tertiary/aromatic N) is 1. The number of nitrogens with one attached hydrogen (secondary N) is 2. The van der Waals surface area contributed by atoms with Gasteiger partial charge in [0.25, 0.3) is 0 Å². The van der Waals surface area contributed by atoms with Gasteiger partial charge in [0.1, 0.15) is 0 Å². The van der Waals surface area contributed by atoms with Crippen LogP contribution in [0.2, 0.25) is 0 Å². The van der Waals surface area contributed by atoms with Gasteiger partial charge in [-0.2, -0.15) is 0 Å². The smallest absolute Gasteiger partial charge is 0.228 e. The number of aromatic nitrogens is 2. The van der Waals surface area contributed by atoms with Crippen LogP contribution in [-0.4, -0.2) is 15.9 Å². The van der Waals surface area contributed by atoms with Crippen molar-refractivity contribution in [1.82, 2.24) is 9.97 Å². The largest absolute Gasteiger partial charge is 0.345 e. The molecule has 2 aromatic rings. The van der Waals surface area contributed by atoms with Gasteiger partial charge in [-0.1, -0.05) is 0 Å². The van der Waals surface area contributed by atoms with Gasteiger partial charge in [-0.05, 0) is 17.7 Å². The van der Waals surface area contributed by atoms with Crippen LogP contribution in [0.4, 0.5) is 5.69 Å². The minimum Gasteiger partial charge on any atom is -0.345 e. The van der Waals surface area contributed by atoms with Crippen molar-refractivity contribution in [2.45, 2.75) is 6.42 Å². The molecule has 2 N–H and O–H groups in total. The molecule has 0 atom stereocenters. The normalized spacial score (nSPS) is 14.6. The Morgan fingerprint density at radius 1 is 1.38 bits per heavy atom. The number of carbonyl (C=O) groups is 1. The van der Waals surface area contributed by atoms with E-state index in [1.807, 2.05) is 12.1 Å². The molecule has 0 spiro atoms. The zero-order chi connectivity index (χ0) is 8.84. The maximum atomic E-state index is 11.1. The molecule has 1 aromatic carbocycles. The molecule has 0 saturated carbocycles. The van der Waals surface area contributed by atoms with Crippen molar-refractivity contribution < 1.29 is 4.79 Å². The summed E-state index contributed by atoms with van der Waals surface area (Å²) in [6.45, 7) is 0. The molecule has 4 nitrogen and oxygen atoms in total. The van der Waals surface area contributed by atoms with Crippen LogP contribution in [0.3, 0.4) is 0 Å². The zero-order valence-electron chi connectivity index (χ0n) is 6.79. The zero-order valence-corrected chi connectivity index (χ0v) is 6.79. The molecule has 64 valence electrons. The molecule has 2 heterocycles. The fourth-order valence-corrected chi connectivity index (χ4v) is 1.66. The van der Waals surface area contributed by atoms with Crippen molar-refractivity contribution in [1.29, 1.82) is 0 Å². The summed E-state index contributed by atoms with van der Waals surface area (Å²) in [6.07, 6.45) is 2.13. The number of benzene rings is 1. The van der Waals surface area contributed by atoms with Crippen LogP contribution in [0.15, 0.2) is 18.5 Å². The predicted molar refractivity (Wildman–Crippen MR) is 48.4 cm³/mol. The van der Waals surface area contributed by atoms with E-state index in [0.717, 1.165) is 22.3 Å². The number of hydrogen-bond acceptors (Lipinski definition) is 2. The number of amides is 1. The predicted octanol–water partition coefficient (Wildman–Crippen LogP) is 1.06. The number of rotatable bonds is 0. The summed E-state index contributed by atoms with van der Waals surface area (Å²) in [7, 11) is 0. The topological polar surface area (TPSA) is 57.8 Å². The maximum Gasteiger partial charge on any atom is 0.228 e. The van der Waals surface area contributed by atoms with E-state index in [9.17, 15) is 4.79 Å². The molecule has 13 heavy (non-hydrogen) atoms. The van der Waals surface area contributed by atoms with Gasteiger partial charge in [0, 0.05) is 5.69 Å². The molecule has 0 aliphatic carbocycles. The first-order valence-electron chi connectivity index (χ1n) is 4.09. The van der Waals surface area contributed by atoms with E-state index in [0.29, 0.717) is 6.42 Å². The van der Waals surface area contributed by atoms with Gasteiger partial charge >= 0.3 is 0 Å². The third-order valence-electron chi connectivity index (χ3n) is 2.27. The van der Waals surface area contributed by atoms with Gasteiger partial charge < -0.3 is 10.3 Å². The maximum absolute atomic E-state index is 11.1. The summed E-state index contributed by atoms with van der Waals surface area (Å²) in [5.41, 5.74) is 3.81. The second-order valence-corrected chi connectivity index (χ2v) is 3.15. The highest BCUT2D eigenvalue weighted by molar-refractivity contribution is 6.01. The average molecular weight is 173 g/mol. The van der Waals surface area contributed by atoms with Crippen molar-refractivity contribution in [3.05, 3.63) is 24.0 Å². The number of aromatic amines is 1. The summed E-state index contributed by atoms with van der Waals surface area (Å²) in [4.78, 5) is 18.2. The van der Waals surface area contributed by atoms with Crippen LogP contribution >= 0.6 is 0 Å². The van der Waals surface area contributed by atoms with Gasteiger partial charge in [0.15, 0.2) is 0 Å². The van der Waals surface area contributed by atoms with E-state index < -0.39 is 0 Å². The molecular formula is C9H7N3O. The van der Waals surface area contributed by atoms with Gasteiger partial charge in [-0.15, -0.1) is 0 Å². The highest BCUT2D eigenvalue weighted by atomic mass is 16.1. The molecule has 1 aliphatic rings. The van der Waals surface area contributed by atoms with Gasteiger partial charge in [-0.25, -0.2) is 4.98 Å². The monoisotopic (exact) mass is 173 g/mol. The first kappa shape index (κ1) is 6.65. The molecule has 0 fully saturated rings. The SMILES string of the molecule is O=C1Cc2cc3[nH]cnc3cc2N1. The average Bonchev–Trinajstić information content (AvgIpc) is 2.63. The number of hydrogen-bond donors (Lipinski definition) is 2. The summed E-state index contributed by atoms with van der Waals surface area (Å²) >= 11 is 0. The number of H-pyrrole nitrogens is 1. The Morgan fingerprint density at radius 2 is 2.31 bits per heavy atom. The molecule has 0 unspecified atom stereocenters. The van der Waals surface area contributed by atoms with E-state index in [-0.39, 0.29) is 5.91 Å². The number of carbonyl (C=O) groups excluding carboxylic acids is 1. The van der Waals surface area contributed by atoms with Crippen LogP contribution in [-0.2, 0) is 11.2 Å². The second kappa shape index (κ2) is 2.10. The number of anilines is 1. The van der Waals surface area contributed by atoms with Gasteiger partial charge in [0.2, 0.25) is 5.91 Å². The summed E-state index contributed by atoms with van der Waals surface area (Å²) in [5.74, 6) is 0.0580. The van der Waals surface area contributed by atoms with Crippen molar-refractivity contribution in [3.63, 3.8) is 0 Å². The van der Waals surface area contributed by atoms with Crippen molar-refractivity contribution in [2.24, 2.45) is 0 Å². The lowest BCUT2D eigenvalue weighted by atomic mass is 10.1. The Balaban J connectivity index is 2.32. The Bertz CT molecular complexity index is 459. The fourth-order valence-electron chi connectivity index (χ4n) is 1.66. The van der Waals surface area contributed by atoms with Crippen molar-refractivity contribution >= 4 is 22.6 Å². The van der Waals surface area contributed by atoms with E-state index in [2.05, 4.69) is 15.3 Å². The minimum atomic E-state index is 0.0580. The van der Waals surface area contributed by atoms with Crippen LogP contribution < -0.4 is 5.32 Å². The molecule has 0 radical (unpaired) electrons. The van der Waals surface area contributed by atoms with E-state index in [1.165, 1.54) is 0 Å².